The molecule has 2 aliphatic rings. The predicted octanol–water partition coefficient (Wildman–Crippen LogP) is 0.653. The van der Waals surface area contributed by atoms with Gasteiger partial charge in [-0.25, -0.2) is 0 Å². The number of nitrogens with zero attached hydrogens (tertiary/aromatic N) is 5. The van der Waals surface area contributed by atoms with Gasteiger partial charge in [0.05, 0.1) is 24.9 Å². The summed E-state index contributed by atoms with van der Waals surface area (Å²) in [5.41, 5.74) is 1.01. The molecule has 0 aliphatic carbocycles. The molecule has 2 fully saturated rings. The molecule has 3 heterocycles. The van der Waals surface area contributed by atoms with E-state index in [1.54, 1.807) is 4.68 Å². The van der Waals surface area contributed by atoms with Gasteiger partial charge in [0.25, 0.3) is 0 Å². The number of carbonyl (C=O) groups is 2. The van der Waals surface area contributed by atoms with Crippen molar-refractivity contribution in [2.24, 2.45) is 7.05 Å². The van der Waals surface area contributed by atoms with Crippen molar-refractivity contribution >= 4 is 11.8 Å². The zero-order chi connectivity index (χ0) is 19.4. The second-order valence-electron chi connectivity index (χ2n) is 7.74. The maximum atomic E-state index is 13.0. The summed E-state index contributed by atoms with van der Waals surface area (Å²) in [6, 6.07) is -0.129. The third-order valence-electron chi connectivity index (χ3n) is 5.27. The van der Waals surface area contributed by atoms with E-state index in [0.29, 0.717) is 39.0 Å². The van der Waals surface area contributed by atoms with Crippen molar-refractivity contribution < 1.29 is 14.3 Å². The minimum atomic E-state index is -0.129. The Morgan fingerprint density at radius 1 is 1.37 bits per heavy atom. The molecule has 8 nitrogen and oxygen atoms in total. The van der Waals surface area contributed by atoms with Crippen molar-refractivity contribution in [3.8, 4) is 0 Å². The standard InChI is InChI=1S/C19H31N5O3/c1-21(2)14-16-19(15-12-20-22(3)13-15)24(10-11-27-16)18(26)7-5-9-23-8-4-6-17(23)25/h12-13,16,19H,4-11,14H2,1-3H3/t16-,19-/m0/s1. The van der Waals surface area contributed by atoms with Gasteiger partial charge in [0.2, 0.25) is 11.8 Å². The molecule has 0 radical (unpaired) electrons. The van der Waals surface area contributed by atoms with Gasteiger partial charge in [-0.3, -0.25) is 14.3 Å². The van der Waals surface area contributed by atoms with E-state index in [0.717, 1.165) is 25.1 Å². The van der Waals surface area contributed by atoms with Gasteiger partial charge in [0.15, 0.2) is 0 Å². The zero-order valence-electron chi connectivity index (χ0n) is 16.6. The number of hydrogen-bond donors (Lipinski definition) is 0. The van der Waals surface area contributed by atoms with Crippen molar-refractivity contribution in [1.82, 2.24) is 24.5 Å². The smallest absolute Gasteiger partial charge is 0.223 e. The van der Waals surface area contributed by atoms with E-state index in [1.165, 1.54) is 0 Å². The van der Waals surface area contributed by atoms with Crippen LogP contribution < -0.4 is 0 Å². The lowest BCUT2D eigenvalue weighted by atomic mass is 9.99. The molecule has 2 atom stereocenters. The Balaban J connectivity index is 1.66. The lowest BCUT2D eigenvalue weighted by Crippen LogP contribution is -2.51. The van der Waals surface area contributed by atoms with Crippen LogP contribution in [-0.4, -0.2) is 89.3 Å². The molecule has 3 rings (SSSR count). The third kappa shape index (κ3) is 4.87. The van der Waals surface area contributed by atoms with E-state index >= 15 is 0 Å². The highest BCUT2D eigenvalue weighted by atomic mass is 16.5. The van der Waals surface area contributed by atoms with E-state index in [4.69, 9.17) is 4.74 Å². The van der Waals surface area contributed by atoms with Crippen molar-refractivity contribution in [2.75, 3.05) is 46.9 Å². The van der Waals surface area contributed by atoms with Crippen molar-refractivity contribution in [1.29, 1.82) is 0 Å². The lowest BCUT2D eigenvalue weighted by molar-refractivity contribution is -0.148. The predicted molar refractivity (Wildman–Crippen MR) is 101 cm³/mol. The summed E-state index contributed by atoms with van der Waals surface area (Å²) in [6.45, 7) is 3.38. The SMILES string of the molecule is CN(C)C[C@@H]1OCCN(C(=O)CCCN2CCCC2=O)[C@H]1c1cnn(C)c1. The first-order valence-electron chi connectivity index (χ1n) is 9.78. The summed E-state index contributed by atoms with van der Waals surface area (Å²) in [4.78, 5) is 30.6. The lowest BCUT2D eigenvalue weighted by Gasteiger charge is -2.42. The average Bonchev–Trinajstić information content (AvgIpc) is 3.22. The molecule has 1 aromatic rings. The minimum Gasteiger partial charge on any atom is -0.373 e. The number of morpholine rings is 1. The summed E-state index contributed by atoms with van der Waals surface area (Å²) in [7, 11) is 5.91. The van der Waals surface area contributed by atoms with Gasteiger partial charge in [-0.15, -0.1) is 0 Å². The Labute approximate surface area is 161 Å². The van der Waals surface area contributed by atoms with Gasteiger partial charge in [-0.1, -0.05) is 0 Å². The number of rotatable bonds is 7. The molecule has 0 aromatic carbocycles. The molecule has 8 heteroatoms. The van der Waals surface area contributed by atoms with Crippen LogP contribution in [-0.2, 0) is 21.4 Å². The Morgan fingerprint density at radius 3 is 2.81 bits per heavy atom. The van der Waals surface area contributed by atoms with E-state index in [1.807, 2.05) is 43.3 Å². The number of likely N-dealkylation sites (N-methyl/N-ethyl adjacent to an activating group) is 1. The fourth-order valence-electron chi connectivity index (χ4n) is 4.02. The monoisotopic (exact) mass is 377 g/mol. The van der Waals surface area contributed by atoms with Gasteiger partial charge in [-0.05, 0) is 26.9 Å². The van der Waals surface area contributed by atoms with E-state index in [-0.39, 0.29) is 24.0 Å². The quantitative estimate of drug-likeness (QED) is 0.698. The zero-order valence-corrected chi connectivity index (χ0v) is 16.6. The summed E-state index contributed by atoms with van der Waals surface area (Å²) < 4.78 is 7.78. The Kier molecular flexibility index (Phi) is 6.49. The maximum Gasteiger partial charge on any atom is 0.223 e. The molecule has 0 bridgehead atoms. The summed E-state index contributed by atoms with van der Waals surface area (Å²) >= 11 is 0. The number of aryl methyl sites for hydroxylation is 1. The summed E-state index contributed by atoms with van der Waals surface area (Å²) in [5.74, 6) is 0.343. The molecule has 2 aliphatic heterocycles. The summed E-state index contributed by atoms with van der Waals surface area (Å²) in [6.07, 6.45) is 6.45. The second kappa shape index (κ2) is 8.84. The molecule has 27 heavy (non-hydrogen) atoms. The number of carbonyl (C=O) groups excluding carboxylic acids is 2. The second-order valence-corrected chi connectivity index (χ2v) is 7.74. The largest absolute Gasteiger partial charge is 0.373 e. The maximum absolute atomic E-state index is 13.0. The van der Waals surface area contributed by atoms with Gasteiger partial charge >= 0.3 is 0 Å². The van der Waals surface area contributed by atoms with Crippen LogP contribution in [0, 0.1) is 0 Å². The van der Waals surface area contributed by atoms with Crippen LogP contribution in [0.1, 0.15) is 37.3 Å². The van der Waals surface area contributed by atoms with Gasteiger partial charge in [0, 0.05) is 57.8 Å². The number of amides is 2. The fourth-order valence-corrected chi connectivity index (χ4v) is 4.02. The van der Waals surface area contributed by atoms with E-state index in [9.17, 15) is 9.59 Å². The van der Waals surface area contributed by atoms with Crippen LogP contribution in [0.5, 0.6) is 0 Å². The molecule has 0 saturated carbocycles. The van der Waals surface area contributed by atoms with Crippen molar-refractivity contribution in [3.63, 3.8) is 0 Å². The molecule has 150 valence electrons. The minimum absolute atomic E-state index is 0.0814. The number of hydrogen-bond acceptors (Lipinski definition) is 5. The van der Waals surface area contributed by atoms with Crippen LogP contribution in [0.4, 0.5) is 0 Å². The molecule has 0 spiro atoms. The number of likely N-dealkylation sites (tertiary alicyclic amines) is 1. The molecular formula is C19H31N5O3. The first kappa shape index (κ1) is 19.8. The van der Waals surface area contributed by atoms with Crippen LogP contribution in [0.25, 0.3) is 0 Å². The van der Waals surface area contributed by atoms with Crippen molar-refractivity contribution in [2.45, 2.75) is 37.8 Å². The highest BCUT2D eigenvalue weighted by Crippen LogP contribution is 2.30. The normalized spacial score (nSPS) is 23.5. The Hall–Kier alpha value is -1.93. The van der Waals surface area contributed by atoms with Crippen LogP contribution in [0.2, 0.25) is 0 Å². The number of ether oxygens (including phenoxy) is 1. The van der Waals surface area contributed by atoms with E-state index < -0.39 is 0 Å². The van der Waals surface area contributed by atoms with Gasteiger partial charge in [-0.2, -0.15) is 5.10 Å². The van der Waals surface area contributed by atoms with E-state index in [2.05, 4.69) is 10.00 Å². The van der Waals surface area contributed by atoms with Gasteiger partial charge in [0.1, 0.15) is 0 Å². The Bertz CT molecular complexity index is 660. The molecule has 1 aromatic heterocycles. The highest BCUT2D eigenvalue weighted by Gasteiger charge is 2.37. The fraction of sp³-hybridized carbons (Fsp3) is 0.737. The molecule has 0 unspecified atom stereocenters. The van der Waals surface area contributed by atoms with Crippen LogP contribution in [0.15, 0.2) is 12.4 Å². The molecular weight excluding hydrogens is 346 g/mol. The molecule has 0 N–H and O–H groups in total. The van der Waals surface area contributed by atoms with Crippen LogP contribution in [0.3, 0.4) is 0 Å². The average molecular weight is 377 g/mol. The Morgan fingerprint density at radius 2 is 2.19 bits per heavy atom. The topological polar surface area (TPSA) is 70.9 Å². The number of aromatic nitrogens is 2. The summed E-state index contributed by atoms with van der Waals surface area (Å²) in [5, 5.41) is 4.29. The van der Waals surface area contributed by atoms with Crippen molar-refractivity contribution in [3.05, 3.63) is 18.0 Å². The van der Waals surface area contributed by atoms with Gasteiger partial charge < -0.3 is 19.4 Å². The molecule has 2 saturated heterocycles. The van der Waals surface area contributed by atoms with Crippen LogP contribution >= 0.6 is 0 Å². The first-order valence-corrected chi connectivity index (χ1v) is 9.78. The highest BCUT2D eigenvalue weighted by molar-refractivity contribution is 5.78. The molecule has 2 amide bonds. The first-order chi connectivity index (χ1) is 13.0. The third-order valence-corrected chi connectivity index (χ3v) is 5.27.